The van der Waals surface area contributed by atoms with Crippen molar-refractivity contribution in [2.75, 3.05) is 5.32 Å². The number of carbonyl (C=O) groups excluding carboxylic acids is 1. The van der Waals surface area contributed by atoms with Crippen LogP contribution in [0.5, 0.6) is 0 Å². The zero-order valence-corrected chi connectivity index (χ0v) is 17.4. The molecule has 2 aliphatic rings. The van der Waals surface area contributed by atoms with Crippen LogP contribution in [0.4, 0.5) is 5.69 Å². The standard InChI is InChI=1S/C25H28N4O/c30-24(17-18-9-10-19-6-3-4-7-21(19)16-18)26-22-13-11-20(12-14-22)25-28-27-23-8-2-1-5-15-29(23)25/h9-14,16H,1-8,15,17H2,(H,26,30). The number of benzene rings is 2. The summed E-state index contributed by atoms with van der Waals surface area (Å²) < 4.78 is 2.25. The number of hydrogen-bond acceptors (Lipinski definition) is 3. The smallest absolute Gasteiger partial charge is 0.228 e. The highest BCUT2D eigenvalue weighted by Gasteiger charge is 2.16. The molecule has 0 bridgehead atoms. The molecule has 154 valence electrons. The lowest BCUT2D eigenvalue weighted by molar-refractivity contribution is -0.115. The van der Waals surface area contributed by atoms with E-state index in [1.165, 1.54) is 49.7 Å². The second-order valence-corrected chi connectivity index (χ2v) is 8.51. The van der Waals surface area contributed by atoms with Gasteiger partial charge in [0.25, 0.3) is 0 Å². The molecule has 5 nitrogen and oxygen atoms in total. The van der Waals surface area contributed by atoms with Crippen LogP contribution in [0.25, 0.3) is 11.4 Å². The van der Waals surface area contributed by atoms with Gasteiger partial charge in [0.05, 0.1) is 6.42 Å². The van der Waals surface area contributed by atoms with Gasteiger partial charge in [-0.25, -0.2) is 0 Å². The van der Waals surface area contributed by atoms with Crippen molar-refractivity contribution in [2.24, 2.45) is 0 Å². The summed E-state index contributed by atoms with van der Waals surface area (Å²) in [6.07, 6.45) is 9.86. The molecule has 5 heteroatoms. The van der Waals surface area contributed by atoms with Crippen molar-refractivity contribution < 1.29 is 4.79 Å². The molecule has 1 aliphatic heterocycles. The summed E-state index contributed by atoms with van der Waals surface area (Å²) in [7, 11) is 0. The zero-order chi connectivity index (χ0) is 20.3. The maximum atomic E-state index is 12.6. The second kappa shape index (κ2) is 8.42. The molecule has 2 heterocycles. The average molecular weight is 401 g/mol. The molecule has 5 rings (SSSR count). The van der Waals surface area contributed by atoms with Crippen LogP contribution in [-0.4, -0.2) is 20.7 Å². The van der Waals surface area contributed by atoms with Crippen LogP contribution >= 0.6 is 0 Å². The summed E-state index contributed by atoms with van der Waals surface area (Å²) in [5.74, 6) is 2.04. The van der Waals surface area contributed by atoms with Crippen LogP contribution in [0.2, 0.25) is 0 Å². The molecular formula is C25H28N4O. The summed E-state index contributed by atoms with van der Waals surface area (Å²) in [5.41, 5.74) is 5.83. The molecule has 1 N–H and O–H groups in total. The van der Waals surface area contributed by atoms with Gasteiger partial charge in [-0.1, -0.05) is 24.6 Å². The van der Waals surface area contributed by atoms with Crippen molar-refractivity contribution in [3.8, 4) is 11.4 Å². The van der Waals surface area contributed by atoms with Crippen LogP contribution in [0.15, 0.2) is 42.5 Å². The number of nitrogens with zero attached hydrogens (tertiary/aromatic N) is 3. The number of anilines is 1. The number of amides is 1. The fourth-order valence-electron chi connectivity index (χ4n) is 4.69. The Morgan fingerprint density at radius 3 is 2.53 bits per heavy atom. The van der Waals surface area contributed by atoms with E-state index in [1.807, 2.05) is 24.3 Å². The van der Waals surface area contributed by atoms with Crippen LogP contribution in [0.1, 0.15) is 54.6 Å². The van der Waals surface area contributed by atoms with E-state index in [-0.39, 0.29) is 5.91 Å². The number of aromatic nitrogens is 3. The molecule has 0 unspecified atom stereocenters. The summed E-state index contributed by atoms with van der Waals surface area (Å²) in [5, 5.41) is 11.8. The van der Waals surface area contributed by atoms with Gasteiger partial charge in [-0.3, -0.25) is 4.79 Å². The minimum atomic E-state index is 0.0230. The molecule has 0 saturated carbocycles. The number of carbonyl (C=O) groups is 1. The Kier molecular flexibility index (Phi) is 5.35. The monoisotopic (exact) mass is 400 g/mol. The summed E-state index contributed by atoms with van der Waals surface area (Å²) in [4.78, 5) is 12.6. The third kappa shape index (κ3) is 4.02. The Balaban J connectivity index is 1.25. The van der Waals surface area contributed by atoms with Gasteiger partial charge in [0.15, 0.2) is 5.82 Å². The predicted octanol–water partition coefficient (Wildman–Crippen LogP) is 4.73. The fraction of sp³-hybridized carbons (Fsp3) is 0.400. The van der Waals surface area contributed by atoms with E-state index in [4.69, 9.17) is 0 Å². The maximum absolute atomic E-state index is 12.6. The normalized spacial score (nSPS) is 15.7. The van der Waals surface area contributed by atoms with Gasteiger partial charge in [-0.2, -0.15) is 0 Å². The zero-order valence-electron chi connectivity index (χ0n) is 17.4. The lowest BCUT2D eigenvalue weighted by Gasteiger charge is -2.16. The number of rotatable bonds is 4. The minimum Gasteiger partial charge on any atom is -0.326 e. The molecule has 1 amide bonds. The van der Waals surface area contributed by atoms with Crippen LogP contribution < -0.4 is 5.32 Å². The first kappa shape index (κ1) is 19.0. The highest BCUT2D eigenvalue weighted by Crippen LogP contribution is 2.25. The minimum absolute atomic E-state index is 0.0230. The van der Waals surface area contributed by atoms with Gasteiger partial charge >= 0.3 is 0 Å². The lowest BCUT2D eigenvalue weighted by atomic mass is 9.90. The molecule has 0 fully saturated rings. The molecule has 0 spiro atoms. The van der Waals surface area contributed by atoms with E-state index < -0.39 is 0 Å². The van der Waals surface area contributed by atoms with Gasteiger partial charge in [0.1, 0.15) is 5.82 Å². The van der Waals surface area contributed by atoms with Gasteiger partial charge in [0, 0.05) is 24.2 Å². The summed E-state index contributed by atoms with van der Waals surface area (Å²) in [6, 6.07) is 14.5. The van der Waals surface area contributed by atoms with E-state index in [0.29, 0.717) is 6.42 Å². The first-order valence-corrected chi connectivity index (χ1v) is 11.2. The van der Waals surface area contributed by atoms with Crippen molar-refractivity contribution in [1.82, 2.24) is 14.8 Å². The Morgan fingerprint density at radius 1 is 0.867 bits per heavy atom. The summed E-state index contributed by atoms with van der Waals surface area (Å²) >= 11 is 0. The van der Waals surface area contributed by atoms with E-state index >= 15 is 0 Å². The molecule has 0 atom stereocenters. The topological polar surface area (TPSA) is 59.8 Å². The van der Waals surface area contributed by atoms with Crippen LogP contribution in [0.3, 0.4) is 0 Å². The fourth-order valence-corrected chi connectivity index (χ4v) is 4.69. The predicted molar refractivity (Wildman–Crippen MR) is 118 cm³/mol. The van der Waals surface area contributed by atoms with Crippen LogP contribution in [-0.2, 0) is 37.0 Å². The summed E-state index contributed by atoms with van der Waals surface area (Å²) in [6.45, 7) is 0.983. The number of hydrogen-bond donors (Lipinski definition) is 1. The lowest BCUT2D eigenvalue weighted by Crippen LogP contribution is -2.15. The molecule has 0 saturated heterocycles. The first-order valence-electron chi connectivity index (χ1n) is 11.2. The number of fused-ring (bicyclic) bond motifs is 2. The van der Waals surface area contributed by atoms with Gasteiger partial charge < -0.3 is 9.88 Å². The van der Waals surface area contributed by atoms with Crippen molar-refractivity contribution in [3.63, 3.8) is 0 Å². The average Bonchev–Trinajstić information content (AvgIpc) is 3.02. The number of aryl methyl sites for hydroxylation is 3. The molecule has 0 radical (unpaired) electrons. The largest absolute Gasteiger partial charge is 0.326 e. The van der Waals surface area contributed by atoms with Crippen LogP contribution in [0, 0.1) is 0 Å². The van der Waals surface area contributed by atoms with Crippen molar-refractivity contribution in [3.05, 3.63) is 65.0 Å². The Labute approximate surface area is 177 Å². The maximum Gasteiger partial charge on any atom is 0.228 e. The van der Waals surface area contributed by atoms with Crippen molar-refractivity contribution >= 4 is 11.6 Å². The third-order valence-electron chi connectivity index (χ3n) is 6.31. The highest BCUT2D eigenvalue weighted by molar-refractivity contribution is 5.92. The highest BCUT2D eigenvalue weighted by atomic mass is 16.1. The van der Waals surface area contributed by atoms with Crippen molar-refractivity contribution in [1.29, 1.82) is 0 Å². The van der Waals surface area contributed by atoms with Crippen molar-refractivity contribution in [2.45, 2.75) is 64.3 Å². The van der Waals surface area contributed by atoms with Gasteiger partial charge in [-0.05, 0) is 79.5 Å². The van der Waals surface area contributed by atoms with E-state index in [2.05, 4.69) is 38.3 Å². The SMILES string of the molecule is O=C(Cc1ccc2c(c1)CCCC2)Nc1ccc(-c2nnc3n2CCCCC3)cc1. The molecule has 2 aromatic carbocycles. The quantitative estimate of drug-likeness (QED) is 0.689. The molecule has 30 heavy (non-hydrogen) atoms. The van der Waals surface area contributed by atoms with E-state index in [9.17, 15) is 4.79 Å². The Hall–Kier alpha value is -2.95. The third-order valence-corrected chi connectivity index (χ3v) is 6.31. The van der Waals surface area contributed by atoms with Gasteiger partial charge in [-0.15, -0.1) is 10.2 Å². The second-order valence-electron chi connectivity index (χ2n) is 8.51. The first-order chi connectivity index (χ1) is 14.8. The van der Waals surface area contributed by atoms with E-state index in [1.54, 1.807) is 0 Å². The molecule has 1 aliphatic carbocycles. The molecular weight excluding hydrogens is 372 g/mol. The van der Waals surface area contributed by atoms with E-state index in [0.717, 1.165) is 47.8 Å². The number of nitrogens with one attached hydrogen (secondary N) is 1. The Bertz CT molecular complexity index is 1050. The Morgan fingerprint density at radius 2 is 1.67 bits per heavy atom. The van der Waals surface area contributed by atoms with Gasteiger partial charge in [0.2, 0.25) is 5.91 Å². The molecule has 3 aromatic rings. The molecule has 1 aromatic heterocycles.